The Kier molecular flexibility index (Phi) is 5.84. The van der Waals surface area contributed by atoms with E-state index in [1.165, 1.54) is 0 Å². The average molecular weight is 385 g/mol. The van der Waals surface area contributed by atoms with Crippen molar-refractivity contribution in [2.24, 2.45) is 5.41 Å². The molecule has 1 heterocycles. The van der Waals surface area contributed by atoms with Gasteiger partial charge in [0.05, 0.1) is 11.2 Å². The molecule has 0 saturated carbocycles. The van der Waals surface area contributed by atoms with Gasteiger partial charge in [-0.05, 0) is 41.8 Å². The van der Waals surface area contributed by atoms with E-state index in [2.05, 4.69) is 24.1 Å². The van der Waals surface area contributed by atoms with Gasteiger partial charge >= 0.3 is 0 Å². The molecule has 0 fully saturated rings. The van der Waals surface area contributed by atoms with E-state index in [1.807, 2.05) is 54.6 Å². The van der Waals surface area contributed by atoms with Gasteiger partial charge in [-0.1, -0.05) is 43.6 Å². The number of amides is 1. The third-order valence-corrected chi connectivity index (χ3v) is 5.77. The fourth-order valence-electron chi connectivity index (χ4n) is 2.69. The number of para-hydroxylation sites is 1. The van der Waals surface area contributed by atoms with E-state index in [-0.39, 0.29) is 11.3 Å². The first kappa shape index (κ1) is 18.7. The van der Waals surface area contributed by atoms with Gasteiger partial charge < -0.3 is 5.32 Å². The third kappa shape index (κ3) is 4.99. The number of anilines is 1. The van der Waals surface area contributed by atoms with E-state index in [4.69, 9.17) is 11.6 Å². The predicted molar refractivity (Wildman–Crippen MR) is 111 cm³/mol. The van der Waals surface area contributed by atoms with Crippen molar-refractivity contribution in [1.82, 2.24) is 4.98 Å². The zero-order chi connectivity index (χ0) is 18.6. The lowest BCUT2D eigenvalue weighted by Gasteiger charge is -2.23. The minimum Gasteiger partial charge on any atom is -0.324 e. The first-order valence-electron chi connectivity index (χ1n) is 8.45. The van der Waals surface area contributed by atoms with Crippen molar-refractivity contribution in [3.05, 3.63) is 65.8 Å². The molecule has 0 spiro atoms. The van der Waals surface area contributed by atoms with Crippen LogP contribution >= 0.6 is 23.4 Å². The number of nitrogens with zero attached hydrogens (tertiary/aromatic N) is 1. The summed E-state index contributed by atoms with van der Waals surface area (Å²) in [7, 11) is 0. The molecule has 1 amide bonds. The maximum absolute atomic E-state index is 12.6. The Morgan fingerprint density at radius 1 is 1.12 bits per heavy atom. The van der Waals surface area contributed by atoms with E-state index in [9.17, 15) is 4.79 Å². The molecule has 3 nitrogen and oxygen atoms in total. The van der Waals surface area contributed by atoms with Crippen molar-refractivity contribution in [3.63, 3.8) is 0 Å². The SMILES string of the molecule is CC(C)(CSc1ccc(Cl)cc1)CC(=O)Nc1cccc2cccnc12. The summed E-state index contributed by atoms with van der Waals surface area (Å²) in [5.41, 5.74) is 1.44. The number of halogens is 1. The number of carbonyl (C=O) groups is 1. The van der Waals surface area contributed by atoms with Crippen LogP contribution in [0.15, 0.2) is 65.7 Å². The van der Waals surface area contributed by atoms with Crippen LogP contribution in [0.4, 0.5) is 5.69 Å². The van der Waals surface area contributed by atoms with E-state index in [1.54, 1.807) is 18.0 Å². The normalized spacial score (nSPS) is 11.5. The van der Waals surface area contributed by atoms with Crippen LogP contribution in [0, 0.1) is 5.41 Å². The molecule has 0 aliphatic heterocycles. The minimum atomic E-state index is -0.133. The molecule has 0 unspecified atom stereocenters. The summed E-state index contributed by atoms with van der Waals surface area (Å²) in [6.45, 7) is 4.22. The molecule has 0 radical (unpaired) electrons. The zero-order valence-corrected chi connectivity index (χ0v) is 16.4. The highest BCUT2D eigenvalue weighted by Crippen LogP contribution is 2.31. The molecule has 2 aromatic carbocycles. The first-order valence-corrected chi connectivity index (χ1v) is 9.81. The van der Waals surface area contributed by atoms with Crippen molar-refractivity contribution in [1.29, 1.82) is 0 Å². The van der Waals surface area contributed by atoms with Gasteiger partial charge in [-0.2, -0.15) is 0 Å². The van der Waals surface area contributed by atoms with Crippen LogP contribution in [0.5, 0.6) is 0 Å². The predicted octanol–water partition coefficient (Wildman–Crippen LogP) is 6.04. The minimum absolute atomic E-state index is 0.00450. The Balaban J connectivity index is 1.61. The topological polar surface area (TPSA) is 42.0 Å². The molecule has 1 N–H and O–H groups in total. The summed E-state index contributed by atoms with van der Waals surface area (Å²) in [5, 5.41) is 4.77. The van der Waals surface area contributed by atoms with Crippen LogP contribution in [0.1, 0.15) is 20.3 Å². The largest absolute Gasteiger partial charge is 0.324 e. The molecule has 0 aliphatic rings. The molecule has 5 heteroatoms. The molecular formula is C21H21ClN2OS. The number of benzene rings is 2. The molecule has 0 bridgehead atoms. The molecule has 134 valence electrons. The highest BCUT2D eigenvalue weighted by atomic mass is 35.5. The van der Waals surface area contributed by atoms with Crippen molar-refractivity contribution >= 4 is 45.9 Å². The Hall–Kier alpha value is -2.04. The molecule has 0 aliphatic carbocycles. The Bertz CT molecular complexity index is 904. The van der Waals surface area contributed by atoms with E-state index in [0.717, 1.165) is 32.3 Å². The highest BCUT2D eigenvalue weighted by molar-refractivity contribution is 7.99. The zero-order valence-electron chi connectivity index (χ0n) is 14.8. The second-order valence-electron chi connectivity index (χ2n) is 7.01. The molecule has 26 heavy (non-hydrogen) atoms. The number of nitrogens with one attached hydrogen (secondary N) is 1. The van der Waals surface area contributed by atoms with E-state index < -0.39 is 0 Å². The van der Waals surface area contributed by atoms with Gasteiger partial charge in [0.2, 0.25) is 5.91 Å². The van der Waals surface area contributed by atoms with Gasteiger partial charge in [-0.3, -0.25) is 9.78 Å². The average Bonchev–Trinajstić information content (AvgIpc) is 2.61. The maximum Gasteiger partial charge on any atom is 0.224 e. The van der Waals surface area contributed by atoms with Gasteiger partial charge in [0, 0.05) is 33.7 Å². The summed E-state index contributed by atoms with van der Waals surface area (Å²) in [4.78, 5) is 18.1. The molecule has 0 atom stereocenters. The fraction of sp³-hybridized carbons (Fsp3) is 0.238. The Morgan fingerprint density at radius 2 is 1.85 bits per heavy atom. The standard InChI is InChI=1S/C21H21ClN2OS/c1-21(2,14-26-17-10-8-16(22)9-11-17)13-19(25)24-18-7-3-5-15-6-4-12-23-20(15)18/h3-12H,13-14H2,1-2H3,(H,24,25). The number of hydrogen-bond donors (Lipinski definition) is 1. The van der Waals surface area contributed by atoms with Crippen LogP contribution in [0.3, 0.4) is 0 Å². The molecule has 3 rings (SSSR count). The van der Waals surface area contributed by atoms with Gasteiger partial charge in [-0.25, -0.2) is 0 Å². The first-order chi connectivity index (χ1) is 12.4. The van der Waals surface area contributed by atoms with Gasteiger partial charge in [-0.15, -0.1) is 11.8 Å². The number of pyridine rings is 1. The van der Waals surface area contributed by atoms with Crippen LogP contribution in [0.2, 0.25) is 5.02 Å². The lowest BCUT2D eigenvalue weighted by atomic mass is 9.91. The number of carbonyl (C=O) groups excluding carboxylic acids is 1. The quantitative estimate of drug-likeness (QED) is 0.527. The van der Waals surface area contributed by atoms with E-state index >= 15 is 0 Å². The number of hydrogen-bond acceptors (Lipinski definition) is 3. The number of rotatable bonds is 6. The summed E-state index contributed by atoms with van der Waals surface area (Å²) >= 11 is 7.66. The van der Waals surface area contributed by atoms with Gasteiger partial charge in [0.15, 0.2) is 0 Å². The summed E-state index contributed by atoms with van der Waals surface area (Å²) in [6, 6.07) is 17.5. The fourth-order valence-corrected chi connectivity index (χ4v) is 3.81. The molecule has 3 aromatic rings. The lowest BCUT2D eigenvalue weighted by molar-refractivity contribution is -0.117. The van der Waals surface area contributed by atoms with E-state index in [0.29, 0.717) is 6.42 Å². The van der Waals surface area contributed by atoms with Crippen molar-refractivity contribution in [2.45, 2.75) is 25.2 Å². The number of aromatic nitrogens is 1. The molecular weight excluding hydrogens is 364 g/mol. The molecule has 1 aromatic heterocycles. The third-order valence-electron chi connectivity index (χ3n) is 3.99. The van der Waals surface area contributed by atoms with Crippen molar-refractivity contribution < 1.29 is 4.79 Å². The monoisotopic (exact) mass is 384 g/mol. The second-order valence-corrected chi connectivity index (χ2v) is 8.50. The van der Waals surface area contributed by atoms with Crippen LogP contribution < -0.4 is 5.32 Å². The van der Waals surface area contributed by atoms with Gasteiger partial charge in [0.1, 0.15) is 0 Å². The van der Waals surface area contributed by atoms with Crippen molar-refractivity contribution in [2.75, 3.05) is 11.1 Å². The van der Waals surface area contributed by atoms with Crippen LogP contribution in [-0.4, -0.2) is 16.6 Å². The number of fused-ring (bicyclic) bond motifs is 1. The summed E-state index contributed by atoms with van der Waals surface area (Å²) in [5.74, 6) is 0.848. The van der Waals surface area contributed by atoms with Crippen LogP contribution in [-0.2, 0) is 4.79 Å². The van der Waals surface area contributed by atoms with Gasteiger partial charge in [0.25, 0.3) is 0 Å². The second kappa shape index (κ2) is 8.11. The smallest absolute Gasteiger partial charge is 0.224 e. The Labute approximate surface area is 163 Å². The Morgan fingerprint density at radius 3 is 2.62 bits per heavy atom. The maximum atomic E-state index is 12.6. The highest BCUT2D eigenvalue weighted by Gasteiger charge is 2.23. The van der Waals surface area contributed by atoms with Crippen LogP contribution in [0.25, 0.3) is 10.9 Å². The molecule has 0 saturated heterocycles. The summed E-state index contributed by atoms with van der Waals surface area (Å²) < 4.78 is 0. The number of thioether (sulfide) groups is 1. The summed E-state index contributed by atoms with van der Waals surface area (Å²) in [6.07, 6.45) is 2.18. The van der Waals surface area contributed by atoms with Crippen molar-refractivity contribution in [3.8, 4) is 0 Å². The lowest BCUT2D eigenvalue weighted by Crippen LogP contribution is -2.24.